The zero-order chi connectivity index (χ0) is 13.2. The molecular weight excluding hydrogens is 240 g/mol. The average Bonchev–Trinajstić information content (AvgIpc) is 2.83. The van der Waals surface area contributed by atoms with Crippen molar-refractivity contribution < 1.29 is 4.92 Å². The van der Waals surface area contributed by atoms with E-state index >= 15 is 0 Å². The second-order valence-electron chi connectivity index (χ2n) is 4.39. The van der Waals surface area contributed by atoms with Crippen molar-refractivity contribution in [3.8, 4) is 0 Å². The van der Waals surface area contributed by atoms with Crippen LogP contribution in [0.2, 0.25) is 0 Å². The maximum atomic E-state index is 11.0. The third-order valence-corrected chi connectivity index (χ3v) is 3.21. The summed E-state index contributed by atoms with van der Waals surface area (Å²) in [6.45, 7) is 0.505. The van der Waals surface area contributed by atoms with Crippen molar-refractivity contribution in [2.24, 2.45) is 0 Å². The molecule has 4 heteroatoms. The number of hydrogen-bond acceptors (Lipinski definition) is 2. The number of para-hydroxylation sites is 2. The highest BCUT2D eigenvalue weighted by Gasteiger charge is 2.13. The third kappa shape index (κ3) is 2.08. The molecule has 0 spiro atoms. The number of rotatable bonds is 3. The summed E-state index contributed by atoms with van der Waals surface area (Å²) < 4.78 is 2.03. The average molecular weight is 252 g/mol. The van der Waals surface area contributed by atoms with E-state index in [0.29, 0.717) is 12.1 Å². The van der Waals surface area contributed by atoms with Gasteiger partial charge in [-0.25, -0.2) is 0 Å². The van der Waals surface area contributed by atoms with Crippen molar-refractivity contribution in [2.75, 3.05) is 0 Å². The summed E-state index contributed by atoms with van der Waals surface area (Å²) in [5, 5.41) is 12.2. The summed E-state index contributed by atoms with van der Waals surface area (Å²) in [6, 6.07) is 16.9. The summed E-state index contributed by atoms with van der Waals surface area (Å²) >= 11 is 0. The van der Waals surface area contributed by atoms with Gasteiger partial charge >= 0.3 is 0 Å². The van der Waals surface area contributed by atoms with Gasteiger partial charge in [0.2, 0.25) is 0 Å². The minimum absolute atomic E-state index is 0.167. The molecule has 0 saturated carbocycles. The Morgan fingerprint density at radius 3 is 2.58 bits per heavy atom. The van der Waals surface area contributed by atoms with Crippen molar-refractivity contribution in [3.63, 3.8) is 0 Å². The molecule has 0 N–H and O–H groups in total. The Bertz CT molecular complexity index is 746. The number of aromatic nitrogens is 1. The zero-order valence-electron chi connectivity index (χ0n) is 10.2. The molecule has 0 amide bonds. The number of nitro groups is 1. The molecule has 0 aliphatic carbocycles. The van der Waals surface area contributed by atoms with Gasteiger partial charge in [0.15, 0.2) is 0 Å². The van der Waals surface area contributed by atoms with Crippen molar-refractivity contribution in [2.45, 2.75) is 6.54 Å². The molecule has 0 aliphatic heterocycles. The Kier molecular flexibility index (Phi) is 2.76. The Hall–Kier alpha value is -2.62. The van der Waals surface area contributed by atoms with E-state index in [9.17, 15) is 10.1 Å². The predicted octanol–water partition coefficient (Wildman–Crippen LogP) is 3.60. The molecule has 2 aromatic carbocycles. The van der Waals surface area contributed by atoms with Gasteiger partial charge in [0.1, 0.15) is 0 Å². The first kappa shape index (κ1) is 11.5. The molecule has 0 unspecified atom stereocenters. The Morgan fingerprint density at radius 1 is 1.00 bits per heavy atom. The molecule has 4 nitrogen and oxygen atoms in total. The standard InChI is InChI=1S/C15H12N2O2/c18-17(19)15-8-4-2-6-13(15)11-16-10-9-12-5-1-3-7-14(12)16/h1-10H,11H2. The van der Waals surface area contributed by atoms with Crippen molar-refractivity contribution in [3.05, 3.63) is 76.5 Å². The first-order chi connectivity index (χ1) is 9.25. The number of nitrogens with zero attached hydrogens (tertiary/aromatic N) is 2. The van der Waals surface area contributed by atoms with Crippen molar-refractivity contribution in [1.82, 2.24) is 4.57 Å². The quantitative estimate of drug-likeness (QED) is 0.528. The maximum absolute atomic E-state index is 11.0. The SMILES string of the molecule is O=[N+]([O-])c1ccccc1Cn1ccc2ccccc21. The summed E-state index contributed by atoms with van der Waals surface area (Å²) in [6.07, 6.45) is 1.96. The molecule has 94 valence electrons. The van der Waals surface area contributed by atoms with Crippen LogP contribution in [-0.2, 0) is 6.54 Å². The summed E-state index contributed by atoms with van der Waals surface area (Å²) in [5.41, 5.74) is 1.97. The van der Waals surface area contributed by atoms with Crippen LogP contribution in [0.25, 0.3) is 10.9 Å². The largest absolute Gasteiger partial charge is 0.343 e. The van der Waals surface area contributed by atoms with Crippen LogP contribution in [0.15, 0.2) is 60.8 Å². The van der Waals surface area contributed by atoms with E-state index in [0.717, 1.165) is 10.9 Å². The van der Waals surface area contributed by atoms with Gasteiger partial charge in [-0.2, -0.15) is 0 Å². The molecule has 0 atom stereocenters. The maximum Gasteiger partial charge on any atom is 0.274 e. The minimum Gasteiger partial charge on any atom is -0.343 e. The van der Waals surface area contributed by atoms with Gasteiger partial charge in [-0.1, -0.05) is 36.4 Å². The predicted molar refractivity (Wildman–Crippen MR) is 74.1 cm³/mol. The lowest BCUT2D eigenvalue weighted by molar-refractivity contribution is -0.385. The van der Waals surface area contributed by atoms with Gasteiger partial charge < -0.3 is 4.57 Å². The molecule has 0 bridgehead atoms. The highest BCUT2D eigenvalue weighted by atomic mass is 16.6. The number of nitro benzene ring substituents is 1. The van der Waals surface area contributed by atoms with E-state index in [1.165, 1.54) is 0 Å². The highest BCUT2D eigenvalue weighted by molar-refractivity contribution is 5.80. The van der Waals surface area contributed by atoms with Gasteiger partial charge in [-0.3, -0.25) is 10.1 Å². The highest BCUT2D eigenvalue weighted by Crippen LogP contribution is 2.22. The van der Waals surface area contributed by atoms with Crippen LogP contribution in [0.4, 0.5) is 5.69 Å². The second kappa shape index (κ2) is 4.57. The minimum atomic E-state index is -0.332. The Morgan fingerprint density at radius 2 is 1.74 bits per heavy atom. The topological polar surface area (TPSA) is 48.1 Å². The smallest absolute Gasteiger partial charge is 0.274 e. The molecule has 3 rings (SSSR count). The molecular formula is C15H12N2O2. The summed E-state index contributed by atoms with van der Waals surface area (Å²) in [7, 11) is 0. The fraction of sp³-hybridized carbons (Fsp3) is 0.0667. The lowest BCUT2D eigenvalue weighted by Gasteiger charge is -2.06. The molecule has 1 heterocycles. The van der Waals surface area contributed by atoms with Crippen LogP contribution in [0, 0.1) is 10.1 Å². The Balaban J connectivity index is 2.04. The first-order valence-corrected chi connectivity index (χ1v) is 6.02. The van der Waals surface area contributed by atoms with Crippen LogP contribution >= 0.6 is 0 Å². The monoisotopic (exact) mass is 252 g/mol. The summed E-state index contributed by atoms with van der Waals surface area (Å²) in [4.78, 5) is 10.7. The molecule has 0 fully saturated rings. The Labute approximate surface area is 110 Å². The third-order valence-electron chi connectivity index (χ3n) is 3.21. The first-order valence-electron chi connectivity index (χ1n) is 6.02. The molecule has 3 aromatic rings. The van der Waals surface area contributed by atoms with Gasteiger partial charge in [0.25, 0.3) is 5.69 Å². The van der Waals surface area contributed by atoms with Crippen molar-refractivity contribution in [1.29, 1.82) is 0 Å². The summed E-state index contributed by atoms with van der Waals surface area (Å²) in [5.74, 6) is 0. The van der Waals surface area contributed by atoms with Crippen LogP contribution in [0.1, 0.15) is 5.56 Å². The van der Waals surface area contributed by atoms with Gasteiger partial charge in [-0.05, 0) is 17.5 Å². The van der Waals surface area contributed by atoms with E-state index in [1.54, 1.807) is 18.2 Å². The van der Waals surface area contributed by atoms with E-state index in [2.05, 4.69) is 0 Å². The number of hydrogen-bond donors (Lipinski definition) is 0. The van der Waals surface area contributed by atoms with E-state index < -0.39 is 0 Å². The zero-order valence-corrected chi connectivity index (χ0v) is 10.2. The lowest BCUT2D eigenvalue weighted by Crippen LogP contribution is -2.01. The number of benzene rings is 2. The molecule has 19 heavy (non-hydrogen) atoms. The molecule has 0 saturated heterocycles. The van der Waals surface area contributed by atoms with Crippen LogP contribution in [0.5, 0.6) is 0 Å². The van der Waals surface area contributed by atoms with Crippen LogP contribution in [0.3, 0.4) is 0 Å². The lowest BCUT2D eigenvalue weighted by atomic mass is 10.2. The van der Waals surface area contributed by atoms with Gasteiger partial charge in [0.05, 0.1) is 11.5 Å². The van der Waals surface area contributed by atoms with E-state index in [4.69, 9.17) is 0 Å². The van der Waals surface area contributed by atoms with E-state index in [1.807, 2.05) is 47.2 Å². The van der Waals surface area contributed by atoms with Crippen molar-refractivity contribution >= 4 is 16.6 Å². The van der Waals surface area contributed by atoms with Crippen LogP contribution in [-0.4, -0.2) is 9.49 Å². The molecule has 1 aromatic heterocycles. The fourth-order valence-corrected chi connectivity index (χ4v) is 2.28. The van der Waals surface area contributed by atoms with Gasteiger partial charge in [-0.15, -0.1) is 0 Å². The number of fused-ring (bicyclic) bond motifs is 1. The molecule has 0 radical (unpaired) electrons. The van der Waals surface area contributed by atoms with Gasteiger partial charge in [0, 0.05) is 23.3 Å². The van der Waals surface area contributed by atoms with Crippen LogP contribution < -0.4 is 0 Å². The normalized spacial score (nSPS) is 10.7. The van der Waals surface area contributed by atoms with E-state index in [-0.39, 0.29) is 10.6 Å². The molecule has 0 aliphatic rings. The fourth-order valence-electron chi connectivity index (χ4n) is 2.28. The second-order valence-corrected chi connectivity index (χ2v) is 4.39.